The van der Waals surface area contributed by atoms with Crippen LogP contribution in [0.25, 0.3) is 0 Å². The van der Waals surface area contributed by atoms with E-state index in [4.69, 9.17) is 4.74 Å². The molecule has 0 saturated carbocycles. The first-order valence-corrected chi connectivity index (χ1v) is 9.50. The molecule has 0 N–H and O–H groups in total. The van der Waals surface area contributed by atoms with Gasteiger partial charge in [-0.2, -0.15) is 4.37 Å². The molecule has 1 atom stereocenters. The first-order valence-electron chi connectivity index (χ1n) is 8.73. The van der Waals surface area contributed by atoms with Crippen LogP contribution in [-0.4, -0.2) is 47.6 Å². The molecule has 2 aliphatic heterocycles. The molecule has 7 heteroatoms. The van der Waals surface area contributed by atoms with Gasteiger partial charge in [-0.25, -0.2) is 4.98 Å². The zero-order chi connectivity index (χ0) is 17.4. The fourth-order valence-electron chi connectivity index (χ4n) is 3.30. The maximum atomic E-state index is 13.0. The highest BCUT2D eigenvalue weighted by Crippen LogP contribution is 2.29. The minimum atomic E-state index is -0.452. The summed E-state index contributed by atoms with van der Waals surface area (Å²) < 4.78 is 10.2. The second-order valence-electron chi connectivity index (χ2n) is 6.76. The van der Waals surface area contributed by atoms with E-state index in [1.165, 1.54) is 17.1 Å². The van der Waals surface area contributed by atoms with Gasteiger partial charge in [0.25, 0.3) is 5.91 Å². The minimum Gasteiger partial charge on any atom is -0.365 e. The predicted octanol–water partition coefficient (Wildman–Crippen LogP) is 2.46. The Balaban J connectivity index is 1.48. The number of fused-ring (bicyclic) bond motifs is 1. The van der Waals surface area contributed by atoms with Gasteiger partial charge in [-0.1, -0.05) is 32.0 Å². The smallest absolute Gasteiger partial charge is 0.257 e. The molecule has 2 aromatic rings. The van der Waals surface area contributed by atoms with Gasteiger partial charge in [0.1, 0.15) is 5.82 Å². The molecule has 1 unspecified atom stereocenters. The predicted molar refractivity (Wildman–Crippen MR) is 98.5 cm³/mol. The summed E-state index contributed by atoms with van der Waals surface area (Å²) >= 11 is 1.40. The van der Waals surface area contributed by atoms with Crippen LogP contribution >= 0.6 is 11.5 Å². The topological polar surface area (TPSA) is 58.6 Å². The van der Waals surface area contributed by atoms with Crippen molar-refractivity contribution in [2.75, 3.05) is 36.0 Å². The summed E-state index contributed by atoms with van der Waals surface area (Å²) in [5.74, 6) is 1.22. The third-order valence-corrected chi connectivity index (χ3v) is 5.50. The zero-order valence-corrected chi connectivity index (χ0v) is 15.3. The monoisotopic (exact) mass is 358 g/mol. The number of nitrogens with zero attached hydrogens (tertiary/aromatic N) is 4. The van der Waals surface area contributed by atoms with E-state index in [0.717, 1.165) is 36.2 Å². The number of anilines is 2. The highest BCUT2D eigenvalue weighted by molar-refractivity contribution is 7.09. The Morgan fingerprint density at radius 2 is 2.16 bits per heavy atom. The number of amides is 1. The summed E-state index contributed by atoms with van der Waals surface area (Å²) in [6.07, 6.45) is 0.457. The van der Waals surface area contributed by atoms with Gasteiger partial charge < -0.3 is 14.5 Å². The summed E-state index contributed by atoms with van der Waals surface area (Å²) in [6.45, 7) is 6.71. The average molecular weight is 358 g/mol. The molecule has 132 valence electrons. The molecule has 1 aromatic carbocycles. The average Bonchev–Trinajstić information content (AvgIpc) is 3.28. The lowest BCUT2D eigenvalue weighted by Gasteiger charge is -2.33. The number of hydrogen-bond donors (Lipinski definition) is 0. The Bertz CT molecular complexity index is 776. The lowest BCUT2D eigenvalue weighted by molar-refractivity contribution is -0.130. The molecule has 1 aromatic heterocycles. The molecule has 25 heavy (non-hydrogen) atoms. The van der Waals surface area contributed by atoms with Crippen molar-refractivity contribution in [3.05, 3.63) is 35.7 Å². The number of rotatable bonds is 3. The minimum absolute atomic E-state index is 0.0447. The van der Waals surface area contributed by atoms with Crippen molar-refractivity contribution < 1.29 is 9.53 Å². The van der Waals surface area contributed by atoms with Crippen molar-refractivity contribution in [3.8, 4) is 0 Å². The van der Waals surface area contributed by atoms with E-state index in [1.807, 2.05) is 23.1 Å². The summed E-state index contributed by atoms with van der Waals surface area (Å²) in [5.41, 5.74) is 2.25. The van der Waals surface area contributed by atoms with Crippen LogP contribution < -0.4 is 9.80 Å². The van der Waals surface area contributed by atoms with Crippen molar-refractivity contribution in [1.82, 2.24) is 9.36 Å². The fourth-order valence-corrected chi connectivity index (χ4v) is 4.15. The summed E-state index contributed by atoms with van der Waals surface area (Å²) in [4.78, 5) is 21.6. The number of ether oxygens (including phenoxy) is 1. The molecular formula is C18H22N4O2S. The van der Waals surface area contributed by atoms with E-state index in [9.17, 15) is 4.79 Å². The summed E-state index contributed by atoms with van der Waals surface area (Å²) in [7, 11) is 0. The molecule has 3 heterocycles. The summed E-state index contributed by atoms with van der Waals surface area (Å²) in [5, 5.41) is 0.881. The molecule has 0 radical (unpaired) electrons. The maximum absolute atomic E-state index is 13.0. The normalized spacial score (nSPS) is 20.2. The highest BCUT2D eigenvalue weighted by atomic mass is 32.1. The van der Waals surface area contributed by atoms with Crippen molar-refractivity contribution in [3.63, 3.8) is 0 Å². The number of carbonyl (C=O) groups excluding carboxylic acids is 1. The van der Waals surface area contributed by atoms with Gasteiger partial charge in [-0.3, -0.25) is 4.79 Å². The number of aromatic nitrogens is 2. The largest absolute Gasteiger partial charge is 0.365 e. The van der Waals surface area contributed by atoms with Gasteiger partial charge in [-0.15, -0.1) is 0 Å². The first-order chi connectivity index (χ1) is 12.1. The van der Waals surface area contributed by atoms with Crippen molar-refractivity contribution in [1.29, 1.82) is 0 Å². The Hall–Kier alpha value is -1.99. The SMILES string of the molecule is CC(C)c1nsc(N2CCOC(C(=O)N3CCc4ccccc43)C2)n1. The van der Waals surface area contributed by atoms with Crippen LogP contribution in [0, 0.1) is 0 Å². The van der Waals surface area contributed by atoms with Crippen LogP contribution in [0.15, 0.2) is 24.3 Å². The zero-order valence-electron chi connectivity index (χ0n) is 14.5. The van der Waals surface area contributed by atoms with Gasteiger partial charge in [0.15, 0.2) is 6.10 Å². The van der Waals surface area contributed by atoms with Crippen LogP contribution in [-0.2, 0) is 16.0 Å². The number of para-hydroxylation sites is 1. The van der Waals surface area contributed by atoms with Crippen molar-refractivity contribution >= 4 is 28.3 Å². The van der Waals surface area contributed by atoms with Crippen molar-refractivity contribution in [2.24, 2.45) is 0 Å². The van der Waals surface area contributed by atoms with E-state index in [0.29, 0.717) is 19.1 Å². The highest BCUT2D eigenvalue weighted by Gasteiger charge is 2.34. The third-order valence-electron chi connectivity index (χ3n) is 4.71. The van der Waals surface area contributed by atoms with Crippen LogP contribution in [0.5, 0.6) is 0 Å². The van der Waals surface area contributed by atoms with Gasteiger partial charge in [0.05, 0.1) is 13.2 Å². The molecule has 1 amide bonds. The molecular weight excluding hydrogens is 336 g/mol. The van der Waals surface area contributed by atoms with E-state index in [2.05, 4.69) is 34.2 Å². The Morgan fingerprint density at radius 1 is 1.32 bits per heavy atom. The Kier molecular flexibility index (Phi) is 4.43. The number of hydrogen-bond acceptors (Lipinski definition) is 6. The number of carbonyl (C=O) groups is 1. The number of benzene rings is 1. The second-order valence-corrected chi connectivity index (χ2v) is 7.49. The van der Waals surface area contributed by atoms with E-state index < -0.39 is 6.10 Å². The lowest BCUT2D eigenvalue weighted by atomic mass is 10.2. The molecule has 0 bridgehead atoms. The van der Waals surface area contributed by atoms with Gasteiger partial charge in [0, 0.05) is 36.2 Å². The molecule has 1 saturated heterocycles. The summed E-state index contributed by atoms with van der Waals surface area (Å²) in [6, 6.07) is 8.10. The van der Waals surface area contributed by atoms with Crippen molar-refractivity contribution in [2.45, 2.75) is 32.3 Å². The standard InChI is InChI=1S/C18H22N4O2S/c1-12(2)16-19-18(25-20-16)21-9-10-24-15(11-21)17(23)22-8-7-13-5-3-4-6-14(13)22/h3-6,12,15H,7-11H2,1-2H3. The van der Waals surface area contributed by atoms with Gasteiger partial charge in [-0.05, 0) is 18.1 Å². The van der Waals surface area contributed by atoms with Crippen LogP contribution in [0.1, 0.15) is 31.2 Å². The van der Waals surface area contributed by atoms with E-state index in [-0.39, 0.29) is 5.91 Å². The first kappa shape index (κ1) is 16.5. The fraction of sp³-hybridized carbons (Fsp3) is 0.500. The lowest BCUT2D eigenvalue weighted by Crippen LogP contribution is -2.51. The van der Waals surface area contributed by atoms with Crippen LogP contribution in [0.3, 0.4) is 0 Å². The molecule has 0 spiro atoms. The van der Waals surface area contributed by atoms with Gasteiger partial charge >= 0.3 is 0 Å². The van der Waals surface area contributed by atoms with Crippen LogP contribution in [0.2, 0.25) is 0 Å². The molecule has 2 aliphatic rings. The molecule has 4 rings (SSSR count). The van der Waals surface area contributed by atoms with Gasteiger partial charge in [0.2, 0.25) is 5.13 Å². The van der Waals surface area contributed by atoms with E-state index in [1.54, 1.807) is 0 Å². The quantitative estimate of drug-likeness (QED) is 0.844. The Morgan fingerprint density at radius 3 is 2.96 bits per heavy atom. The third kappa shape index (κ3) is 3.14. The van der Waals surface area contributed by atoms with E-state index >= 15 is 0 Å². The van der Waals surface area contributed by atoms with Crippen LogP contribution in [0.4, 0.5) is 10.8 Å². The maximum Gasteiger partial charge on any atom is 0.257 e. The molecule has 0 aliphatic carbocycles. The number of morpholine rings is 1. The second kappa shape index (κ2) is 6.72. The molecule has 1 fully saturated rings. The Labute approximate surface area is 151 Å². The molecule has 6 nitrogen and oxygen atoms in total.